The quantitative estimate of drug-likeness (QED) is 0.161. The van der Waals surface area contributed by atoms with Crippen molar-refractivity contribution in [2.45, 2.75) is 18.0 Å². The number of nitrogen functional groups attached to an aromatic ring is 1. The molecule has 0 radical (unpaired) electrons. The number of carbonyl (C=O) groups excluding carboxylic acids is 2. The molecule has 2 atom stereocenters. The fourth-order valence-electron chi connectivity index (χ4n) is 4.15. The fraction of sp³-hybridized carbons (Fsp3) is 0.286. The average Bonchev–Trinajstić information content (AvgIpc) is 3.45. The second-order valence-corrected chi connectivity index (χ2v) is 10.0. The molecule has 36 heavy (non-hydrogen) atoms. The second-order valence-electron chi connectivity index (χ2n) is 8.05. The lowest BCUT2D eigenvalue weighted by atomic mass is 10.0. The van der Waals surface area contributed by atoms with E-state index in [4.69, 9.17) is 10.6 Å². The number of carboxylic acids is 1. The van der Waals surface area contributed by atoms with Gasteiger partial charge in [-0.3, -0.25) is 14.5 Å². The zero-order chi connectivity index (χ0) is 25.6. The third kappa shape index (κ3) is 4.05. The number of imidazole rings is 1. The van der Waals surface area contributed by atoms with Crippen molar-refractivity contribution in [3.63, 3.8) is 0 Å². The van der Waals surface area contributed by atoms with Gasteiger partial charge in [-0.25, -0.2) is 14.8 Å². The Hall–Kier alpha value is -3.98. The first kappa shape index (κ1) is 23.7. The number of fused-ring (bicyclic) bond motifs is 2. The number of carbonyl (C=O) groups is 3. The van der Waals surface area contributed by atoms with Crippen LogP contribution in [-0.4, -0.2) is 72.3 Å². The Labute approximate surface area is 212 Å². The number of pyridine rings is 1. The van der Waals surface area contributed by atoms with Gasteiger partial charge < -0.3 is 25.6 Å². The number of nitrogens with two attached hydrogens (primary N) is 1. The lowest BCUT2D eigenvalue weighted by Crippen LogP contribution is -2.71. The van der Waals surface area contributed by atoms with E-state index in [0.29, 0.717) is 11.3 Å². The summed E-state index contributed by atoms with van der Waals surface area (Å²) in [5.41, 5.74) is 7.97. The number of aromatic nitrogens is 4. The maximum absolute atomic E-state index is 13.0. The zero-order valence-electron chi connectivity index (χ0n) is 19.1. The third-order valence-electron chi connectivity index (χ3n) is 5.80. The van der Waals surface area contributed by atoms with Gasteiger partial charge in [0.25, 0.3) is 11.8 Å². The van der Waals surface area contributed by atoms with Crippen LogP contribution in [0.1, 0.15) is 5.69 Å². The van der Waals surface area contributed by atoms with Gasteiger partial charge in [0.05, 0.1) is 11.8 Å². The highest BCUT2D eigenvalue weighted by Gasteiger charge is 2.54. The number of aryl methyl sites for hydroxylation is 1. The first-order chi connectivity index (χ1) is 17.3. The minimum atomic E-state index is -1.20. The van der Waals surface area contributed by atoms with Crippen LogP contribution in [0.25, 0.3) is 11.0 Å². The maximum Gasteiger partial charge on any atom is 0.352 e. The minimum absolute atomic E-state index is 0.0686. The van der Waals surface area contributed by atoms with Gasteiger partial charge in [0.15, 0.2) is 35.3 Å². The normalized spacial score (nSPS) is 19.8. The molecule has 0 bridgehead atoms. The lowest BCUT2D eigenvalue weighted by molar-refractivity contribution is -0.687. The number of aliphatic carboxylic acids is 1. The maximum atomic E-state index is 13.0. The molecule has 2 aliphatic heterocycles. The summed E-state index contributed by atoms with van der Waals surface area (Å²) >= 11 is 2.51. The standard InChI is InChI=1S/C21H20N8O5S2/c1-27-9-23-11-6-28(4-3-13(11)27)5-10-7-35-19-15(18(31)29(19)16(10)20(32)33)25-17(30)14(26-34-2)12-8-36-21(22)24-12/h3-4,6,8-9,15,19H,5,7H2,1-2H3,(H3-,22,24,25,30,32,33)/p+1/b26-14-/t15-,19-/m1/s1. The first-order valence-electron chi connectivity index (χ1n) is 10.6. The minimum Gasteiger partial charge on any atom is -0.477 e. The smallest absolute Gasteiger partial charge is 0.352 e. The number of nitrogens with zero attached hydrogens (tertiary/aromatic N) is 6. The summed E-state index contributed by atoms with van der Waals surface area (Å²) in [6.07, 6.45) is 5.38. The molecule has 0 unspecified atom stereocenters. The van der Waals surface area contributed by atoms with Gasteiger partial charge in [-0.15, -0.1) is 23.1 Å². The first-order valence-corrected chi connectivity index (χ1v) is 12.5. The molecule has 3 aromatic rings. The van der Waals surface area contributed by atoms with E-state index in [0.717, 1.165) is 22.4 Å². The molecule has 1 saturated heterocycles. The Bertz CT molecular complexity index is 1460. The van der Waals surface area contributed by atoms with Crippen molar-refractivity contribution >= 4 is 62.8 Å². The summed E-state index contributed by atoms with van der Waals surface area (Å²) in [5.74, 6) is -2.02. The highest BCUT2D eigenvalue weighted by molar-refractivity contribution is 8.00. The SMILES string of the molecule is CO/N=C(\C(=O)N[C@@H]1C(=O)N2C(C(=O)O)=C(C[n+]3ccc4c(c3)ncn4C)CS[C@H]12)c1csc(N)n1. The molecule has 2 amide bonds. The molecule has 0 aromatic carbocycles. The van der Waals surface area contributed by atoms with Gasteiger partial charge in [-0.2, -0.15) is 4.57 Å². The van der Waals surface area contributed by atoms with Crippen LogP contribution in [0.2, 0.25) is 0 Å². The summed E-state index contributed by atoms with van der Waals surface area (Å²) in [4.78, 5) is 52.4. The van der Waals surface area contributed by atoms with Gasteiger partial charge in [-0.1, -0.05) is 5.16 Å². The number of rotatable bonds is 7. The van der Waals surface area contributed by atoms with Crippen LogP contribution in [0.5, 0.6) is 0 Å². The van der Waals surface area contributed by atoms with E-state index in [1.165, 1.54) is 23.8 Å². The van der Waals surface area contributed by atoms with Gasteiger partial charge in [0.1, 0.15) is 29.9 Å². The van der Waals surface area contributed by atoms with E-state index < -0.39 is 29.2 Å². The van der Waals surface area contributed by atoms with E-state index >= 15 is 0 Å². The molecule has 1 fully saturated rings. The Morgan fingerprint density at radius 1 is 1.44 bits per heavy atom. The number of nitrogens with one attached hydrogen (secondary N) is 1. The Morgan fingerprint density at radius 3 is 2.94 bits per heavy atom. The summed E-state index contributed by atoms with van der Waals surface area (Å²) in [6, 6.07) is 0.978. The number of amides is 2. The fourth-order valence-corrected chi connectivity index (χ4v) is 6.04. The Balaban J connectivity index is 1.36. The van der Waals surface area contributed by atoms with Gasteiger partial charge in [0, 0.05) is 29.8 Å². The van der Waals surface area contributed by atoms with Gasteiger partial charge >= 0.3 is 5.97 Å². The van der Waals surface area contributed by atoms with E-state index in [1.54, 1.807) is 11.7 Å². The number of thiazole rings is 1. The van der Waals surface area contributed by atoms with Crippen LogP contribution < -0.4 is 15.6 Å². The van der Waals surface area contributed by atoms with Crippen molar-refractivity contribution in [3.8, 4) is 0 Å². The molecule has 0 spiro atoms. The highest BCUT2D eigenvalue weighted by atomic mass is 32.2. The summed E-state index contributed by atoms with van der Waals surface area (Å²) in [7, 11) is 3.18. The van der Waals surface area contributed by atoms with E-state index in [-0.39, 0.29) is 28.8 Å². The van der Waals surface area contributed by atoms with Crippen molar-refractivity contribution in [3.05, 3.63) is 47.1 Å². The largest absolute Gasteiger partial charge is 0.477 e. The van der Waals surface area contributed by atoms with E-state index in [1.807, 2.05) is 34.6 Å². The number of hydrogen-bond acceptors (Lipinski definition) is 10. The Morgan fingerprint density at radius 2 is 2.25 bits per heavy atom. The van der Waals surface area contributed by atoms with Crippen LogP contribution in [-0.2, 0) is 32.8 Å². The van der Waals surface area contributed by atoms with Crippen LogP contribution in [0, 0.1) is 0 Å². The number of anilines is 1. The van der Waals surface area contributed by atoms with Crippen molar-refractivity contribution in [2.24, 2.45) is 12.2 Å². The molecule has 5 rings (SSSR count). The molecule has 5 heterocycles. The molecule has 4 N–H and O–H groups in total. The summed E-state index contributed by atoms with van der Waals surface area (Å²) < 4.78 is 3.73. The predicted octanol–water partition coefficient (Wildman–Crippen LogP) is -0.311. The Kier molecular flexibility index (Phi) is 6.09. The van der Waals surface area contributed by atoms with Crippen molar-refractivity contribution in [2.75, 3.05) is 18.6 Å². The molecule has 0 saturated carbocycles. The highest BCUT2D eigenvalue weighted by Crippen LogP contribution is 2.40. The molecule has 13 nitrogen and oxygen atoms in total. The molecule has 0 aliphatic carbocycles. The topological polar surface area (TPSA) is 169 Å². The van der Waals surface area contributed by atoms with Crippen LogP contribution >= 0.6 is 23.1 Å². The molecule has 3 aromatic heterocycles. The lowest BCUT2D eigenvalue weighted by Gasteiger charge is -2.49. The van der Waals surface area contributed by atoms with Crippen molar-refractivity contribution < 1.29 is 28.9 Å². The monoisotopic (exact) mass is 529 g/mol. The average molecular weight is 530 g/mol. The number of carboxylic acid groups (broad SMARTS) is 1. The van der Waals surface area contributed by atoms with Crippen LogP contribution in [0.4, 0.5) is 5.13 Å². The molecule has 15 heteroatoms. The molecule has 2 aliphatic rings. The van der Waals surface area contributed by atoms with Gasteiger partial charge in [-0.05, 0) is 0 Å². The van der Waals surface area contributed by atoms with E-state index in [9.17, 15) is 19.5 Å². The van der Waals surface area contributed by atoms with E-state index in [2.05, 4.69) is 20.4 Å². The zero-order valence-corrected chi connectivity index (χ0v) is 20.7. The van der Waals surface area contributed by atoms with Crippen molar-refractivity contribution in [1.82, 2.24) is 24.8 Å². The molecular weight excluding hydrogens is 508 g/mol. The molecule has 186 valence electrons. The number of thioether (sulfide) groups is 1. The van der Waals surface area contributed by atoms with Crippen LogP contribution in [0.15, 0.2) is 46.6 Å². The summed E-state index contributed by atoms with van der Waals surface area (Å²) in [6.45, 7) is 0.282. The summed E-state index contributed by atoms with van der Waals surface area (Å²) in [5, 5.41) is 17.5. The third-order valence-corrected chi connectivity index (χ3v) is 7.81. The van der Waals surface area contributed by atoms with Crippen molar-refractivity contribution in [1.29, 1.82) is 0 Å². The number of oxime groups is 1. The predicted molar refractivity (Wildman–Crippen MR) is 131 cm³/mol. The van der Waals surface area contributed by atoms with Crippen LogP contribution in [0.3, 0.4) is 0 Å². The number of β-lactam (4-membered cyclic amide) rings is 1. The van der Waals surface area contributed by atoms with Gasteiger partial charge in [0.2, 0.25) is 0 Å². The second kappa shape index (κ2) is 9.23. The molecular formula is C21H21N8O5S2+. The number of hydrogen-bond donors (Lipinski definition) is 3.